The van der Waals surface area contributed by atoms with E-state index in [4.69, 9.17) is 5.73 Å². The Kier molecular flexibility index (Phi) is 6.65. The molecule has 2 N–H and O–H groups in total. The van der Waals surface area contributed by atoms with Gasteiger partial charge in [-0.1, -0.05) is 20.8 Å². The summed E-state index contributed by atoms with van der Waals surface area (Å²) in [5.41, 5.74) is 5.65. The molecule has 1 aliphatic rings. The van der Waals surface area contributed by atoms with Gasteiger partial charge in [0.15, 0.2) is 0 Å². The lowest BCUT2D eigenvalue weighted by molar-refractivity contribution is -0.134. The third kappa shape index (κ3) is 4.58. The number of hydrogen-bond acceptors (Lipinski definition) is 3. The fraction of sp³-hybridized carbons (Fsp3) is 0.929. The molecular weight excluding hydrogens is 226 g/mol. The first-order chi connectivity index (χ1) is 8.58. The van der Waals surface area contributed by atoms with Crippen LogP contribution >= 0.6 is 0 Å². The SMILES string of the molecule is CCC(CCN)N1CCN(C(=O)CC(C)C)CC1. The number of carbonyl (C=O) groups is 1. The third-order valence-corrected chi connectivity index (χ3v) is 3.74. The number of rotatable bonds is 6. The molecule has 4 nitrogen and oxygen atoms in total. The summed E-state index contributed by atoms with van der Waals surface area (Å²) in [7, 11) is 0. The Labute approximate surface area is 111 Å². The molecule has 0 radical (unpaired) electrons. The van der Waals surface area contributed by atoms with Crippen LogP contribution in [0.4, 0.5) is 0 Å². The zero-order valence-corrected chi connectivity index (χ0v) is 12.2. The molecule has 1 saturated heterocycles. The van der Waals surface area contributed by atoms with E-state index in [-0.39, 0.29) is 0 Å². The molecule has 1 rings (SSSR count). The van der Waals surface area contributed by atoms with Crippen LogP contribution in [0.5, 0.6) is 0 Å². The summed E-state index contributed by atoms with van der Waals surface area (Å²) in [6.07, 6.45) is 2.90. The minimum absolute atomic E-state index is 0.316. The monoisotopic (exact) mass is 255 g/mol. The highest BCUT2D eigenvalue weighted by Gasteiger charge is 2.24. The first kappa shape index (κ1) is 15.4. The Balaban J connectivity index is 2.38. The molecule has 1 heterocycles. The van der Waals surface area contributed by atoms with Gasteiger partial charge in [0.1, 0.15) is 0 Å². The van der Waals surface area contributed by atoms with Gasteiger partial charge in [0.25, 0.3) is 0 Å². The average molecular weight is 255 g/mol. The van der Waals surface area contributed by atoms with Gasteiger partial charge in [-0.2, -0.15) is 0 Å². The number of piperazine rings is 1. The largest absolute Gasteiger partial charge is 0.340 e. The summed E-state index contributed by atoms with van der Waals surface area (Å²) in [6, 6.07) is 0.595. The Morgan fingerprint density at radius 3 is 2.28 bits per heavy atom. The van der Waals surface area contributed by atoms with Crippen molar-refractivity contribution in [1.82, 2.24) is 9.80 Å². The number of carbonyl (C=O) groups excluding carboxylic acids is 1. The van der Waals surface area contributed by atoms with Crippen LogP contribution in [0.3, 0.4) is 0 Å². The minimum atomic E-state index is 0.316. The lowest BCUT2D eigenvalue weighted by Gasteiger charge is -2.39. The second kappa shape index (κ2) is 7.74. The summed E-state index contributed by atoms with van der Waals surface area (Å²) in [5.74, 6) is 0.771. The Bertz CT molecular complexity index is 247. The zero-order valence-electron chi connectivity index (χ0n) is 12.2. The quantitative estimate of drug-likeness (QED) is 0.778. The molecule has 0 aromatic carbocycles. The van der Waals surface area contributed by atoms with E-state index in [0.29, 0.717) is 24.3 Å². The molecule has 0 aromatic rings. The first-order valence-electron chi connectivity index (χ1n) is 7.30. The van der Waals surface area contributed by atoms with E-state index in [1.54, 1.807) is 0 Å². The minimum Gasteiger partial charge on any atom is -0.340 e. The van der Waals surface area contributed by atoms with Crippen molar-refractivity contribution in [2.45, 2.75) is 46.1 Å². The van der Waals surface area contributed by atoms with Crippen LogP contribution in [0.1, 0.15) is 40.0 Å². The Morgan fingerprint density at radius 2 is 1.83 bits per heavy atom. The van der Waals surface area contributed by atoms with Crippen molar-refractivity contribution in [1.29, 1.82) is 0 Å². The molecule has 1 fully saturated rings. The fourth-order valence-corrected chi connectivity index (χ4v) is 2.65. The molecule has 0 spiro atoms. The van der Waals surface area contributed by atoms with Crippen molar-refractivity contribution < 1.29 is 4.79 Å². The van der Waals surface area contributed by atoms with Crippen LogP contribution in [-0.4, -0.2) is 54.5 Å². The van der Waals surface area contributed by atoms with E-state index in [2.05, 4.69) is 25.7 Å². The van der Waals surface area contributed by atoms with Crippen LogP contribution in [-0.2, 0) is 4.79 Å². The van der Waals surface area contributed by atoms with Crippen LogP contribution in [0.15, 0.2) is 0 Å². The predicted octanol–water partition coefficient (Wildman–Crippen LogP) is 1.30. The van der Waals surface area contributed by atoms with Gasteiger partial charge in [0, 0.05) is 38.6 Å². The zero-order chi connectivity index (χ0) is 13.5. The van der Waals surface area contributed by atoms with E-state index < -0.39 is 0 Å². The maximum Gasteiger partial charge on any atom is 0.222 e. The highest BCUT2D eigenvalue weighted by Crippen LogP contribution is 2.13. The van der Waals surface area contributed by atoms with Gasteiger partial charge in [-0.15, -0.1) is 0 Å². The van der Waals surface area contributed by atoms with Crippen molar-refractivity contribution >= 4 is 5.91 Å². The number of nitrogens with zero attached hydrogens (tertiary/aromatic N) is 2. The summed E-state index contributed by atoms with van der Waals surface area (Å²) >= 11 is 0. The van der Waals surface area contributed by atoms with E-state index >= 15 is 0 Å². The highest BCUT2D eigenvalue weighted by atomic mass is 16.2. The standard InChI is InChI=1S/C14H29N3O/c1-4-13(5-6-15)16-7-9-17(10-8-16)14(18)11-12(2)3/h12-13H,4-11,15H2,1-3H3. The fourth-order valence-electron chi connectivity index (χ4n) is 2.65. The summed E-state index contributed by atoms with van der Waals surface area (Å²) in [5, 5.41) is 0. The van der Waals surface area contributed by atoms with Gasteiger partial charge in [0.05, 0.1) is 0 Å². The maximum atomic E-state index is 12.0. The van der Waals surface area contributed by atoms with Crippen molar-refractivity contribution in [3.63, 3.8) is 0 Å². The van der Waals surface area contributed by atoms with Crippen molar-refractivity contribution in [3.8, 4) is 0 Å². The van der Waals surface area contributed by atoms with E-state index in [1.807, 2.05) is 4.90 Å². The van der Waals surface area contributed by atoms with Gasteiger partial charge in [-0.25, -0.2) is 0 Å². The van der Waals surface area contributed by atoms with Crippen LogP contribution in [0, 0.1) is 5.92 Å². The maximum absolute atomic E-state index is 12.0. The number of hydrogen-bond donors (Lipinski definition) is 1. The van der Waals surface area contributed by atoms with Crippen LogP contribution < -0.4 is 5.73 Å². The number of amides is 1. The summed E-state index contributed by atoms with van der Waals surface area (Å²) in [4.78, 5) is 16.5. The predicted molar refractivity (Wildman–Crippen MR) is 75.4 cm³/mol. The second-order valence-electron chi connectivity index (χ2n) is 5.65. The smallest absolute Gasteiger partial charge is 0.222 e. The van der Waals surface area contributed by atoms with Gasteiger partial charge >= 0.3 is 0 Å². The average Bonchev–Trinajstić information content (AvgIpc) is 2.35. The topological polar surface area (TPSA) is 49.6 Å². The normalized spacial score (nSPS) is 19.3. The molecule has 0 saturated carbocycles. The van der Waals surface area contributed by atoms with Crippen molar-refractivity contribution in [2.75, 3.05) is 32.7 Å². The summed E-state index contributed by atoms with van der Waals surface area (Å²) < 4.78 is 0. The van der Waals surface area contributed by atoms with Crippen molar-refractivity contribution in [3.05, 3.63) is 0 Å². The molecular formula is C14H29N3O. The van der Waals surface area contributed by atoms with E-state index in [9.17, 15) is 4.79 Å². The molecule has 1 aliphatic heterocycles. The molecule has 1 amide bonds. The number of nitrogens with two attached hydrogens (primary N) is 1. The van der Waals surface area contributed by atoms with E-state index in [1.165, 1.54) is 0 Å². The van der Waals surface area contributed by atoms with Crippen LogP contribution in [0.2, 0.25) is 0 Å². The van der Waals surface area contributed by atoms with Crippen molar-refractivity contribution in [2.24, 2.45) is 11.7 Å². The molecule has 0 aliphatic carbocycles. The Hall–Kier alpha value is -0.610. The van der Waals surface area contributed by atoms with Gasteiger partial charge < -0.3 is 10.6 Å². The summed E-state index contributed by atoms with van der Waals surface area (Å²) in [6.45, 7) is 10.9. The molecule has 4 heteroatoms. The molecule has 1 unspecified atom stereocenters. The molecule has 0 aromatic heterocycles. The third-order valence-electron chi connectivity index (χ3n) is 3.74. The molecule has 18 heavy (non-hydrogen) atoms. The lowest BCUT2D eigenvalue weighted by atomic mass is 10.1. The Morgan fingerprint density at radius 1 is 1.22 bits per heavy atom. The molecule has 106 valence electrons. The van der Waals surface area contributed by atoms with Crippen LogP contribution in [0.25, 0.3) is 0 Å². The first-order valence-corrected chi connectivity index (χ1v) is 7.30. The second-order valence-corrected chi connectivity index (χ2v) is 5.65. The van der Waals surface area contributed by atoms with Gasteiger partial charge in [-0.05, 0) is 25.3 Å². The van der Waals surface area contributed by atoms with E-state index in [0.717, 1.165) is 45.6 Å². The van der Waals surface area contributed by atoms with Gasteiger partial charge in [-0.3, -0.25) is 9.69 Å². The highest BCUT2D eigenvalue weighted by molar-refractivity contribution is 5.76. The molecule has 1 atom stereocenters. The molecule has 0 bridgehead atoms. The van der Waals surface area contributed by atoms with Gasteiger partial charge in [0.2, 0.25) is 5.91 Å². The lowest BCUT2D eigenvalue weighted by Crippen LogP contribution is -2.52.